The van der Waals surface area contributed by atoms with E-state index < -0.39 is 0 Å². The second-order valence-corrected chi connectivity index (χ2v) is 7.73. The van der Waals surface area contributed by atoms with Gasteiger partial charge in [0.25, 0.3) is 0 Å². The smallest absolute Gasteiger partial charge is 0.133 e. The van der Waals surface area contributed by atoms with Gasteiger partial charge in [0.05, 0.1) is 0 Å². The summed E-state index contributed by atoms with van der Waals surface area (Å²) in [7, 11) is 2.20. The van der Waals surface area contributed by atoms with Crippen molar-refractivity contribution < 1.29 is 0 Å². The van der Waals surface area contributed by atoms with E-state index in [-0.39, 0.29) is 0 Å². The van der Waals surface area contributed by atoms with Crippen LogP contribution in [-0.2, 0) is 0 Å². The van der Waals surface area contributed by atoms with Crippen LogP contribution in [0.2, 0.25) is 0 Å². The van der Waals surface area contributed by atoms with E-state index >= 15 is 0 Å². The molecule has 2 atom stereocenters. The summed E-state index contributed by atoms with van der Waals surface area (Å²) in [5.41, 5.74) is 3.59. The number of pyridine rings is 1. The third-order valence-electron chi connectivity index (χ3n) is 5.14. The average Bonchev–Trinajstić information content (AvgIpc) is 2.96. The maximum atomic E-state index is 4.96. The summed E-state index contributed by atoms with van der Waals surface area (Å²) in [6.07, 6.45) is 5.43. The van der Waals surface area contributed by atoms with Gasteiger partial charge in [-0.15, -0.1) is 0 Å². The molecule has 1 aromatic heterocycles. The maximum Gasteiger partial charge on any atom is 0.133 e. The van der Waals surface area contributed by atoms with Gasteiger partial charge in [-0.3, -0.25) is 0 Å². The van der Waals surface area contributed by atoms with E-state index in [2.05, 4.69) is 62.9 Å². The Morgan fingerprint density at radius 2 is 2.20 bits per heavy atom. The molecule has 0 radical (unpaired) electrons. The summed E-state index contributed by atoms with van der Waals surface area (Å²) in [6.45, 7) is 16.1. The van der Waals surface area contributed by atoms with Crippen molar-refractivity contribution in [3.05, 3.63) is 29.5 Å². The van der Waals surface area contributed by atoms with Crippen molar-refractivity contribution in [2.24, 2.45) is 0 Å². The Balaban J connectivity index is 2.05. The third-order valence-corrected chi connectivity index (χ3v) is 5.14. The molecule has 0 aromatic carbocycles. The maximum absolute atomic E-state index is 4.96. The molecule has 2 N–H and O–H groups in total. The molecular weight excluding hydrogens is 308 g/mol. The average molecular weight is 345 g/mol. The first-order valence-corrected chi connectivity index (χ1v) is 9.77. The fourth-order valence-corrected chi connectivity index (χ4v) is 3.68. The fraction of sp³-hybridized carbons (Fsp3) is 0.667. The molecule has 25 heavy (non-hydrogen) atoms. The minimum atomic E-state index is 0.363. The molecule has 2 unspecified atom stereocenters. The van der Waals surface area contributed by atoms with Gasteiger partial charge in [-0.25, -0.2) is 4.98 Å². The van der Waals surface area contributed by atoms with Crippen molar-refractivity contribution in [3.63, 3.8) is 0 Å². The highest BCUT2D eigenvalue weighted by Crippen LogP contribution is 2.28. The summed E-state index contributed by atoms with van der Waals surface area (Å²) in [6, 6.07) is 3.26. The number of aryl methyl sites for hydroxylation is 1. The number of nitrogens with zero attached hydrogens (tertiary/aromatic N) is 2. The minimum absolute atomic E-state index is 0.363. The van der Waals surface area contributed by atoms with Crippen LogP contribution in [0.4, 0.5) is 5.82 Å². The Morgan fingerprint density at radius 3 is 2.76 bits per heavy atom. The zero-order valence-electron chi connectivity index (χ0n) is 16.7. The van der Waals surface area contributed by atoms with Crippen molar-refractivity contribution in [2.75, 3.05) is 32.0 Å². The number of hydrogen-bond acceptors (Lipinski definition) is 4. The number of nitrogens with one attached hydrogen (secondary N) is 2. The molecule has 0 bridgehead atoms. The molecule has 0 aliphatic carbocycles. The van der Waals surface area contributed by atoms with Gasteiger partial charge in [-0.1, -0.05) is 19.6 Å². The molecule has 1 aromatic rings. The highest BCUT2D eigenvalue weighted by atomic mass is 15.2. The molecule has 140 valence electrons. The standard InChI is InChI=1S/C21H36N4/c1-7-17(9-11-22-18-10-12-25(6)14-18)20-13-16(5)19(8-2)21(24-20)23-15(3)4/h8,13,15,17-18,22H,2,7,9-12,14H2,1,3-6H3,(H,23,24). The zero-order valence-corrected chi connectivity index (χ0v) is 16.7. The second kappa shape index (κ2) is 9.35. The van der Waals surface area contributed by atoms with Gasteiger partial charge < -0.3 is 15.5 Å². The summed E-state index contributed by atoms with van der Waals surface area (Å²) >= 11 is 0. The number of rotatable bonds is 9. The molecule has 4 nitrogen and oxygen atoms in total. The van der Waals surface area contributed by atoms with Crippen LogP contribution in [0.15, 0.2) is 12.6 Å². The molecule has 4 heteroatoms. The van der Waals surface area contributed by atoms with E-state index in [4.69, 9.17) is 4.98 Å². The van der Waals surface area contributed by atoms with E-state index in [1.807, 2.05) is 6.08 Å². The van der Waals surface area contributed by atoms with Gasteiger partial charge in [0.2, 0.25) is 0 Å². The topological polar surface area (TPSA) is 40.2 Å². The molecule has 0 spiro atoms. The van der Waals surface area contributed by atoms with Crippen LogP contribution in [-0.4, -0.2) is 48.6 Å². The van der Waals surface area contributed by atoms with Crippen LogP contribution in [0.25, 0.3) is 6.08 Å². The first kappa shape index (κ1) is 19.9. The first-order chi connectivity index (χ1) is 11.9. The predicted octanol–water partition coefficient (Wildman–Crippen LogP) is 4.03. The zero-order chi connectivity index (χ0) is 18.4. The van der Waals surface area contributed by atoms with Crippen LogP contribution in [0.1, 0.15) is 62.8 Å². The third kappa shape index (κ3) is 5.55. The molecular formula is C21H36N4. The lowest BCUT2D eigenvalue weighted by atomic mass is 9.95. The number of hydrogen-bond donors (Lipinski definition) is 2. The molecule has 1 fully saturated rings. The Labute approximate surface area is 154 Å². The molecule has 0 saturated carbocycles. The van der Waals surface area contributed by atoms with Crippen molar-refractivity contribution in [1.29, 1.82) is 0 Å². The monoisotopic (exact) mass is 344 g/mol. The normalized spacial score (nSPS) is 19.4. The van der Waals surface area contributed by atoms with Crippen LogP contribution in [0.3, 0.4) is 0 Å². The Hall–Kier alpha value is -1.39. The quantitative estimate of drug-likeness (QED) is 0.709. The number of likely N-dealkylation sites (N-methyl/N-ethyl adjacent to an activating group) is 1. The lowest BCUT2D eigenvalue weighted by Crippen LogP contribution is -2.32. The van der Waals surface area contributed by atoms with Crippen molar-refractivity contribution in [3.8, 4) is 0 Å². The van der Waals surface area contributed by atoms with E-state index in [1.54, 1.807) is 0 Å². The molecule has 0 amide bonds. The van der Waals surface area contributed by atoms with Gasteiger partial charge in [0.1, 0.15) is 5.82 Å². The molecule has 1 aliphatic heterocycles. The van der Waals surface area contributed by atoms with Crippen LogP contribution in [0.5, 0.6) is 0 Å². The summed E-state index contributed by atoms with van der Waals surface area (Å²) < 4.78 is 0. The SMILES string of the molecule is C=Cc1c(C)cc(C(CC)CCNC2CCN(C)C2)nc1NC(C)C. The van der Waals surface area contributed by atoms with Gasteiger partial charge in [-0.05, 0) is 71.8 Å². The van der Waals surface area contributed by atoms with E-state index in [0.717, 1.165) is 30.8 Å². The lowest BCUT2D eigenvalue weighted by molar-refractivity contribution is 0.395. The Kier molecular flexibility index (Phi) is 7.45. The first-order valence-electron chi connectivity index (χ1n) is 9.77. The van der Waals surface area contributed by atoms with Gasteiger partial charge in [0.15, 0.2) is 0 Å². The van der Waals surface area contributed by atoms with Gasteiger partial charge in [0, 0.05) is 35.8 Å². The van der Waals surface area contributed by atoms with Crippen molar-refractivity contribution in [2.45, 2.75) is 65.0 Å². The predicted molar refractivity (Wildman–Crippen MR) is 109 cm³/mol. The fourth-order valence-electron chi connectivity index (χ4n) is 3.68. The minimum Gasteiger partial charge on any atom is -0.367 e. The summed E-state index contributed by atoms with van der Waals surface area (Å²) in [4.78, 5) is 7.36. The lowest BCUT2D eigenvalue weighted by Gasteiger charge is -2.21. The Morgan fingerprint density at radius 1 is 1.44 bits per heavy atom. The van der Waals surface area contributed by atoms with E-state index in [0.29, 0.717) is 18.0 Å². The van der Waals surface area contributed by atoms with E-state index in [9.17, 15) is 0 Å². The van der Waals surface area contributed by atoms with Crippen LogP contribution < -0.4 is 10.6 Å². The van der Waals surface area contributed by atoms with Crippen molar-refractivity contribution in [1.82, 2.24) is 15.2 Å². The largest absolute Gasteiger partial charge is 0.367 e. The van der Waals surface area contributed by atoms with Crippen LogP contribution >= 0.6 is 0 Å². The highest BCUT2D eigenvalue weighted by molar-refractivity contribution is 5.65. The highest BCUT2D eigenvalue weighted by Gasteiger charge is 2.20. The van der Waals surface area contributed by atoms with Crippen molar-refractivity contribution >= 4 is 11.9 Å². The number of anilines is 1. The second-order valence-electron chi connectivity index (χ2n) is 7.73. The summed E-state index contributed by atoms with van der Waals surface area (Å²) in [5, 5.41) is 7.22. The number of likely N-dealkylation sites (tertiary alicyclic amines) is 1. The molecule has 1 aliphatic rings. The Bertz CT molecular complexity index is 567. The van der Waals surface area contributed by atoms with Crippen LogP contribution in [0, 0.1) is 6.92 Å². The van der Waals surface area contributed by atoms with Gasteiger partial charge in [-0.2, -0.15) is 0 Å². The summed E-state index contributed by atoms with van der Waals surface area (Å²) in [5.74, 6) is 1.47. The molecule has 2 heterocycles. The molecule has 2 rings (SSSR count). The number of aromatic nitrogens is 1. The van der Waals surface area contributed by atoms with Gasteiger partial charge >= 0.3 is 0 Å². The molecule has 1 saturated heterocycles. The van der Waals surface area contributed by atoms with E-state index in [1.165, 1.54) is 30.8 Å².